The van der Waals surface area contributed by atoms with Crippen molar-refractivity contribution in [1.29, 1.82) is 0 Å². The van der Waals surface area contributed by atoms with E-state index in [-0.39, 0.29) is 24.8 Å². The highest BCUT2D eigenvalue weighted by Gasteiger charge is 2.17. The quantitative estimate of drug-likeness (QED) is 0.0527. The Morgan fingerprint density at radius 1 is 0.323 bits per heavy atom. The number of hydrogen-bond acceptors (Lipinski definition) is 19. The molecule has 0 saturated heterocycles. The lowest BCUT2D eigenvalue weighted by Crippen LogP contribution is -2.34. The molecule has 0 radical (unpaired) electrons. The van der Waals surface area contributed by atoms with Crippen LogP contribution < -0.4 is 5.32 Å². The van der Waals surface area contributed by atoms with Crippen molar-refractivity contribution >= 4 is 18.0 Å². The molecule has 0 saturated carbocycles. The van der Waals surface area contributed by atoms with Crippen molar-refractivity contribution in [2.45, 2.75) is 92.0 Å². The molecule has 0 bridgehead atoms. The average molecular weight is 945 g/mol. The molecule has 0 aliphatic carbocycles. The van der Waals surface area contributed by atoms with Crippen molar-refractivity contribution in [3.8, 4) is 0 Å². The molecule has 0 aromatic rings. The van der Waals surface area contributed by atoms with Crippen molar-refractivity contribution in [2.24, 2.45) is 0 Å². The zero-order valence-corrected chi connectivity index (χ0v) is 41.5. The SMILES string of the molecule is CC(C)(C)OC(=O)CCOCCOCCOCCOCCN(CCOCCOCCOCCOCCNC(=O)OC(C)(C)C)CCOCCOCCOCCOCCC(=O)OC(C)(C)C. The third-order valence-electron chi connectivity index (χ3n) is 7.66. The molecule has 0 rings (SSSR count). The maximum atomic E-state index is 11.7. The third-order valence-corrected chi connectivity index (χ3v) is 7.66. The van der Waals surface area contributed by atoms with E-state index in [9.17, 15) is 14.4 Å². The summed E-state index contributed by atoms with van der Waals surface area (Å²) in [5.74, 6) is -0.561. The van der Waals surface area contributed by atoms with Gasteiger partial charge in [0.05, 0.1) is 171 Å². The molecule has 1 N–H and O–H groups in total. The van der Waals surface area contributed by atoms with Gasteiger partial charge in [-0.15, -0.1) is 0 Å². The minimum atomic E-state index is -0.535. The van der Waals surface area contributed by atoms with Crippen molar-refractivity contribution < 1.29 is 85.4 Å². The van der Waals surface area contributed by atoms with E-state index in [1.165, 1.54) is 0 Å². The number of ether oxygens (including phenoxy) is 15. The minimum absolute atomic E-state index is 0.209. The zero-order valence-electron chi connectivity index (χ0n) is 41.5. The first-order valence-electron chi connectivity index (χ1n) is 23.0. The Bertz CT molecular complexity index is 1060. The summed E-state index contributed by atoms with van der Waals surface area (Å²) < 4.78 is 82.8. The summed E-state index contributed by atoms with van der Waals surface area (Å²) in [6.45, 7) is 29.2. The second-order valence-electron chi connectivity index (χ2n) is 17.3. The highest BCUT2D eigenvalue weighted by atomic mass is 16.6. The van der Waals surface area contributed by atoms with Crippen molar-refractivity contribution in [1.82, 2.24) is 10.2 Å². The summed E-state index contributed by atoms with van der Waals surface area (Å²) >= 11 is 0. The van der Waals surface area contributed by atoms with E-state index in [1.807, 2.05) is 62.3 Å². The van der Waals surface area contributed by atoms with Gasteiger partial charge in [0.15, 0.2) is 0 Å². The predicted octanol–water partition coefficient (Wildman–Crippen LogP) is 3.48. The van der Waals surface area contributed by atoms with E-state index < -0.39 is 22.9 Å². The lowest BCUT2D eigenvalue weighted by atomic mass is 10.2. The second-order valence-corrected chi connectivity index (χ2v) is 17.3. The molecule has 0 unspecified atom stereocenters. The van der Waals surface area contributed by atoms with Gasteiger partial charge in [0.2, 0.25) is 0 Å². The fourth-order valence-electron chi connectivity index (χ4n) is 4.84. The Hall–Kier alpha value is -2.31. The summed E-state index contributed by atoms with van der Waals surface area (Å²) in [7, 11) is 0. The summed E-state index contributed by atoms with van der Waals surface area (Å²) in [6.07, 6.45) is -0.0480. The van der Waals surface area contributed by atoms with E-state index in [0.29, 0.717) is 185 Å². The van der Waals surface area contributed by atoms with Crippen LogP contribution in [0.15, 0.2) is 0 Å². The summed E-state index contributed by atoms with van der Waals surface area (Å²) in [6, 6.07) is 0. The molecule has 0 aliphatic heterocycles. The Morgan fingerprint density at radius 2 is 0.554 bits per heavy atom. The van der Waals surface area contributed by atoms with Gasteiger partial charge in [-0.3, -0.25) is 14.5 Å². The molecule has 0 atom stereocenters. The number of alkyl carbamates (subject to hydrolysis) is 1. The topological polar surface area (TPSA) is 205 Å². The summed E-state index contributed by atoms with van der Waals surface area (Å²) in [5, 5.41) is 2.64. The normalized spacial score (nSPS) is 12.2. The zero-order chi connectivity index (χ0) is 48.3. The van der Waals surface area contributed by atoms with Gasteiger partial charge >= 0.3 is 18.0 Å². The monoisotopic (exact) mass is 945 g/mol. The van der Waals surface area contributed by atoms with E-state index in [2.05, 4.69) is 10.2 Å². The molecule has 20 heteroatoms. The van der Waals surface area contributed by atoms with E-state index in [4.69, 9.17) is 71.1 Å². The third kappa shape index (κ3) is 52.5. The van der Waals surface area contributed by atoms with Gasteiger partial charge in [-0.2, -0.15) is 0 Å². The van der Waals surface area contributed by atoms with Gasteiger partial charge in [-0.1, -0.05) is 0 Å². The van der Waals surface area contributed by atoms with Crippen LogP contribution in [0.25, 0.3) is 0 Å². The molecular weight excluding hydrogens is 856 g/mol. The lowest BCUT2D eigenvalue weighted by molar-refractivity contribution is -0.157. The Labute approximate surface area is 389 Å². The molecule has 0 aliphatic rings. The van der Waals surface area contributed by atoms with E-state index in [1.54, 1.807) is 0 Å². The number of carbonyl (C=O) groups excluding carboxylic acids is 3. The van der Waals surface area contributed by atoms with Gasteiger partial charge in [-0.05, 0) is 62.3 Å². The number of nitrogens with zero attached hydrogens (tertiary/aromatic N) is 1. The van der Waals surface area contributed by atoms with Crippen LogP contribution in [0.2, 0.25) is 0 Å². The molecule has 20 nitrogen and oxygen atoms in total. The molecule has 0 aromatic carbocycles. The van der Waals surface area contributed by atoms with Gasteiger partial charge < -0.3 is 76.4 Å². The predicted molar refractivity (Wildman–Crippen MR) is 241 cm³/mol. The van der Waals surface area contributed by atoms with Crippen LogP contribution in [0.1, 0.15) is 75.2 Å². The molecule has 386 valence electrons. The standard InChI is InChI=1S/C45H88N2O18/c1-43(2,3)63-40(48)10-16-51-22-28-57-34-37-60-31-25-54-19-13-47(14-20-55-26-32-61-38-35-58-29-23-52-17-11-41(49)64-44(4,5)6)15-21-56-27-33-62-39-36-59-30-24-53-18-12-46-42(50)65-45(7,8)9/h10-39H2,1-9H3,(H,46,50). The highest BCUT2D eigenvalue weighted by Crippen LogP contribution is 2.09. The van der Waals surface area contributed by atoms with Crippen LogP contribution in [-0.4, -0.2) is 224 Å². The van der Waals surface area contributed by atoms with Crippen LogP contribution >= 0.6 is 0 Å². The molecule has 65 heavy (non-hydrogen) atoms. The maximum Gasteiger partial charge on any atom is 0.407 e. The van der Waals surface area contributed by atoms with Crippen LogP contribution in [0, 0.1) is 0 Å². The van der Waals surface area contributed by atoms with Crippen molar-refractivity contribution in [3.05, 3.63) is 0 Å². The molecule has 0 heterocycles. The van der Waals surface area contributed by atoms with Gasteiger partial charge in [-0.25, -0.2) is 4.79 Å². The number of amides is 1. The number of nitrogens with one attached hydrogen (secondary N) is 1. The number of carbonyl (C=O) groups is 3. The molecule has 0 spiro atoms. The Balaban J connectivity index is 4.12. The number of hydrogen-bond donors (Lipinski definition) is 1. The Morgan fingerprint density at radius 3 is 0.815 bits per heavy atom. The van der Waals surface area contributed by atoms with E-state index in [0.717, 1.165) is 0 Å². The van der Waals surface area contributed by atoms with Gasteiger partial charge in [0, 0.05) is 26.2 Å². The fraction of sp³-hybridized carbons (Fsp3) is 0.933. The number of rotatable bonds is 45. The second kappa shape index (κ2) is 41.8. The maximum absolute atomic E-state index is 11.7. The first-order chi connectivity index (χ1) is 31.0. The molecule has 0 fully saturated rings. The smallest absolute Gasteiger partial charge is 0.407 e. The summed E-state index contributed by atoms with van der Waals surface area (Å²) in [4.78, 5) is 37.3. The largest absolute Gasteiger partial charge is 0.460 e. The van der Waals surface area contributed by atoms with Crippen molar-refractivity contribution in [3.63, 3.8) is 0 Å². The lowest BCUT2D eigenvalue weighted by Gasteiger charge is -2.22. The van der Waals surface area contributed by atoms with Crippen LogP contribution in [0.3, 0.4) is 0 Å². The van der Waals surface area contributed by atoms with E-state index >= 15 is 0 Å². The molecule has 1 amide bonds. The fourth-order valence-corrected chi connectivity index (χ4v) is 4.84. The summed E-state index contributed by atoms with van der Waals surface area (Å²) in [5.41, 5.74) is -1.53. The Kier molecular flexibility index (Phi) is 40.4. The average Bonchev–Trinajstić information content (AvgIpc) is 3.20. The first kappa shape index (κ1) is 62.7. The van der Waals surface area contributed by atoms with Crippen LogP contribution in [0.4, 0.5) is 4.79 Å². The number of esters is 2. The minimum Gasteiger partial charge on any atom is -0.460 e. The first-order valence-corrected chi connectivity index (χ1v) is 23.0. The van der Waals surface area contributed by atoms with Crippen molar-refractivity contribution in [2.75, 3.05) is 185 Å². The van der Waals surface area contributed by atoms with Crippen LogP contribution in [0.5, 0.6) is 0 Å². The van der Waals surface area contributed by atoms with Gasteiger partial charge in [0.1, 0.15) is 16.8 Å². The van der Waals surface area contributed by atoms with Crippen LogP contribution in [-0.2, 0) is 80.6 Å². The molecular formula is C45H88N2O18. The van der Waals surface area contributed by atoms with Gasteiger partial charge in [0.25, 0.3) is 0 Å². The highest BCUT2D eigenvalue weighted by molar-refractivity contribution is 5.70. The molecule has 0 aromatic heterocycles.